The third kappa shape index (κ3) is 3.40. The molecular formula is C13H16F2O2. The second kappa shape index (κ2) is 4.61. The maximum absolute atomic E-state index is 13.3. The zero-order valence-corrected chi connectivity index (χ0v) is 10.0. The molecule has 0 saturated carbocycles. The topological polar surface area (TPSA) is 18.5 Å². The molecule has 94 valence electrons. The Hall–Kier alpha value is -1.16. The second-order valence-electron chi connectivity index (χ2n) is 4.92. The first-order valence-electron chi connectivity index (χ1n) is 5.66. The first kappa shape index (κ1) is 12.3. The van der Waals surface area contributed by atoms with Crippen LogP contribution < -0.4 is 4.74 Å². The van der Waals surface area contributed by atoms with Gasteiger partial charge in [0.25, 0.3) is 0 Å². The summed E-state index contributed by atoms with van der Waals surface area (Å²) in [6.45, 7) is 3.32. The highest BCUT2D eigenvalue weighted by Crippen LogP contribution is 2.27. The fourth-order valence-corrected chi connectivity index (χ4v) is 1.74. The minimum absolute atomic E-state index is 0.0392. The lowest BCUT2D eigenvalue weighted by atomic mass is 10.0. The Kier molecular flexibility index (Phi) is 3.33. The summed E-state index contributed by atoms with van der Waals surface area (Å²) in [4.78, 5) is 0. The van der Waals surface area contributed by atoms with Gasteiger partial charge in [-0.15, -0.1) is 0 Å². The normalized spacial score (nSPS) is 19.6. The molecule has 2 rings (SSSR count). The van der Waals surface area contributed by atoms with Crippen molar-refractivity contribution in [2.24, 2.45) is 0 Å². The van der Waals surface area contributed by atoms with Crippen molar-refractivity contribution in [1.82, 2.24) is 0 Å². The molecule has 0 spiro atoms. The monoisotopic (exact) mass is 242 g/mol. The Morgan fingerprint density at radius 1 is 1.47 bits per heavy atom. The number of benzene rings is 1. The molecule has 1 aliphatic rings. The highest BCUT2D eigenvalue weighted by atomic mass is 19.1. The maximum Gasteiger partial charge on any atom is 0.128 e. The van der Waals surface area contributed by atoms with Crippen LogP contribution in [0.5, 0.6) is 5.75 Å². The van der Waals surface area contributed by atoms with Crippen molar-refractivity contribution < 1.29 is 18.3 Å². The molecule has 0 fully saturated rings. The Labute approximate surface area is 99.5 Å². The minimum atomic E-state index is -1.34. The Balaban J connectivity index is 1.97. The summed E-state index contributed by atoms with van der Waals surface area (Å²) < 4.78 is 37.0. The third-order valence-electron chi connectivity index (χ3n) is 2.56. The Morgan fingerprint density at radius 3 is 2.94 bits per heavy atom. The molecule has 0 N–H and O–H groups in total. The summed E-state index contributed by atoms with van der Waals surface area (Å²) in [6.07, 6.45) is 0.467. The van der Waals surface area contributed by atoms with Gasteiger partial charge in [-0.05, 0) is 25.5 Å². The molecule has 1 unspecified atom stereocenters. The van der Waals surface area contributed by atoms with Gasteiger partial charge in [-0.2, -0.15) is 0 Å². The molecule has 0 bridgehead atoms. The van der Waals surface area contributed by atoms with Crippen LogP contribution in [0.1, 0.15) is 19.4 Å². The SMILES string of the molecule is CC(C)(F)COC1COc2cc(F)ccc2C1. The van der Waals surface area contributed by atoms with Crippen LogP contribution in [0.15, 0.2) is 18.2 Å². The van der Waals surface area contributed by atoms with Gasteiger partial charge < -0.3 is 9.47 Å². The number of hydrogen-bond acceptors (Lipinski definition) is 2. The molecule has 1 aromatic carbocycles. The molecular weight excluding hydrogens is 226 g/mol. The van der Waals surface area contributed by atoms with E-state index in [2.05, 4.69) is 0 Å². The van der Waals surface area contributed by atoms with Gasteiger partial charge in [0.2, 0.25) is 0 Å². The van der Waals surface area contributed by atoms with E-state index in [1.54, 1.807) is 6.07 Å². The molecule has 0 saturated heterocycles. The molecule has 17 heavy (non-hydrogen) atoms. The van der Waals surface area contributed by atoms with Crippen LogP contribution in [0.3, 0.4) is 0 Å². The van der Waals surface area contributed by atoms with Gasteiger partial charge in [-0.25, -0.2) is 8.78 Å². The first-order valence-corrected chi connectivity index (χ1v) is 5.66. The van der Waals surface area contributed by atoms with Crippen LogP contribution in [-0.4, -0.2) is 25.0 Å². The van der Waals surface area contributed by atoms with E-state index in [9.17, 15) is 8.78 Å². The summed E-state index contributed by atoms with van der Waals surface area (Å²) in [7, 11) is 0. The van der Waals surface area contributed by atoms with Crippen LogP contribution in [0.2, 0.25) is 0 Å². The zero-order valence-electron chi connectivity index (χ0n) is 10.0. The molecule has 0 aliphatic carbocycles. The molecule has 1 heterocycles. The predicted octanol–water partition coefficient (Wildman–Crippen LogP) is 2.89. The van der Waals surface area contributed by atoms with E-state index in [1.165, 1.54) is 26.0 Å². The minimum Gasteiger partial charge on any atom is -0.490 e. The van der Waals surface area contributed by atoms with Gasteiger partial charge in [0, 0.05) is 12.5 Å². The zero-order chi connectivity index (χ0) is 12.5. The quantitative estimate of drug-likeness (QED) is 0.811. The number of alkyl halides is 1. The van der Waals surface area contributed by atoms with Gasteiger partial charge in [0.1, 0.15) is 23.8 Å². The fraction of sp³-hybridized carbons (Fsp3) is 0.538. The predicted molar refractivity (Wildman–Crippen MR) is 60.5 cm³/mol. The molecule has 1 atom stereocenters. The van der Waals surface area contributed by atoms with Crippen molar-refractivity contribution in [3.63, 3.8) is 0 Å². The lowest BCUT2D eigenvalue weighted by Gasteiger charge is -2.27. The molecule has 1 aliphatic heterocycles. The standard InChI is InChI=1S/C13H16F2O2/c1-13(2,15)8-17-11-5-9-3-4-10(14)6-12(9)16-7-11/h3-4,6,11H,5,7-8H2,1-2H3. The van der Waals surface area contributed by atoms with Crippen LogP contribution in [0, 0.1) is 5.82 Å². The van der Waals surface area contributed by atoms with Crippen molar-refractivity contribution in [1.29, 1.82) is 0 Å². The average Bonchev–Trinajstić information content (AvgIpc) is 2.25. The first-order chi connectivity index (χ1) is 7.94. The molecule has 0 aromatic heterocycles. The molecule has 0 radical (unpaired) electrons. The largest absolute Gasteiger partial charge is 0.490 e. The van der Waals surface area contributed by atoms with E-state index in [4.69, 9.17) is 9.47 Å². The molecule has 4 heteroatoms. The van der Waals surface area contributed by atoms with E-state index in [0.717, 1.165) is 5.56 Å². The van der Waals surface area contributed by atoms with Crippen molar-refractivity contribution in [2.45, 2.75) is 32.0 Å². The molecule has 1 aromatic rings. The van der Waals surface area contributed by atoms with E-state index < -0.39 is 5.67 Å². The van der Waals surface area contributed by atoms with Gasteiger partial charge in [-0.3, -0.25) is 0 Å². The number of hydrogen-bond donors (Lipinski definition) is 0. The van der Waals surface area contributed by atoms with E-state index in [0.29, 0.717) is 18.8 Å². The molecule has 0 amide bonds. The number of ether oxygens (including phenoxy) is 2. The van der Waals surface area contributed by atoms with E-state index in [-0.39, 0.29) is 18.5 Å². The molecule has 2 nitrogen and oxygen atoms in total. The third-order valence-corrected chi connectivity index (χ3v) is 2.56. The van der Waals surface area contributed by atoms with Crippen molar-refractivity contribution >= 4 is 0 Å². The van der Waals surface area contributed by atoms with E-state index in [1.807, 2.05) is 0 Å². The average molecular weight is 242 g/mol. The van der Waals surface area contributed by atoms with E-state index >= 15 is 0 Å². The summed E-state index contributed by atoms with van der Waals surface area (Å²) in [6, 6.07) is 4.44. The lowest BCUT2D eigenvalue weighted by molar-refractivity contribution is -0.0361. The highest BCUT2D eigenvalue weighted by Gasteiger charge is 2.24. The lowest BCUT2D eigenvalue weighted by Crippen LogP contribution is -2.33. The van der Waals surface area contributed by atoms with Crippen molar-refractivity contribution in [2.75, 3.05) is 13.2 Å². The number of rotatable bonds is 3. The second-order valence-corrected chi connectivity index (χ2v) is 4.92. The van der Waals surface area contributed by atoms with Gasteiger partial charge in [-0.1, -0.05) is 6.07 Å². The van der Waals surface area contributed by atoms with Gasteiger partial charge >= 0.3 is 0 Å². The van der Waals surface area contributed by atoms with Gasteiger partial charge in [0.05, 0.1) is 12.7 Å². The highest BCUT2D eigenvalue weighted by molar-refractivity contribution is 5.36. The number of fused-ring (bicyclic) bond motifs is 1. The van der Waals surface area contributed by atoms with Gasteiger partial charge in [0.15, 0.2) is 0 Å². The summed E-state index contributed by atoms with van der Waals surface area (Å²) in [5, 5.41) is 0. The Bertz CT molecular complexity index is 399. The van der Waals surface area contributed by atoms with Crippen LogP contribution in [0.4, 0.5) is 8.78 Å². The maximum atomic E-state index is 13.3. The van der Waals surface area contributed by atoms with Crippen molar-refractivity contribution in [3.8, 4) is 5.75 Å². The van der Waals surface area contributed by atoms with Crippen LogP contribution in [0.25, 0.3) is 0 Å². The number of halogens is 2. The Morgan fingerprint density at radius 2 is 2.24 bits per heavy atom. The summed E-state index contributed by atoms with van der Waals surface area (Å²) >= 11 is 0. The van der Waals surface area contributed by atoms with Crippen LogP contribution in [-0.2, 0) is 11.2 Å². The summed E-state index contributed by atoms with van der Waals surface area (Å²) in [5.41, 5.74) is -0.442. The smallest absolute Gasteiger partial charge is 0.128 e. The summed E-state index contributed by atoms with van der Waals surface area (Å²) in [5.74, 6) is 0.248. The van der Waals surface area contributed by atoms with Crippen LogP contribution >= 0.6 is 0 Å². The van der Waals surface area contributed by atoms with Crippen molar-refractivity contribution in [3.05, 3.63) is 29.6 Å². The fourth-order valence-electron chi connectivity index (χ4n) is 1.74.